The fraction of sp³-hybridized carbons (Fsp3) is 0.500. The number of rotatable bonds is 3. The van der Waals surface area contributed by atoms with Crippen molar-refractivity contribution in [3.8, 4) is 6.07 Å². The van der Waals surface area contributed by atoms with Crippen LogP contribution in [0.1, 0.15) is 44.1 Å². The fourth-order valence-corrected chi connectivity index (χ4v) is 2.66. The van der Waals surface area contributed by atoms with Gasteiger partial charge in [0.25, 0.3) is 0 Å². The van der Waals surface area contributed by atoms with Gasteiger partial charge >= 0.3 is 6.03 Å². The predicted molar refractivity (Wildman–Crippen MR) is 80.8 cm³/mol. The molecule has 0 bridgehead atoms. The topological polar surface area (TPSA) is 85.2 Å². The van der Waals surface area contributed by atoms with Crippen molar-refractivity contribution >= 4 is 11.7 Å². The molecule has 112 valence electrons. The second-order valence-electron chi connectivity index (χ2n) is 5.60. The van der Waals surface area contributed by atoms with Gasteiger partial charge in [0.1, 0.15) is 6.07 Å². The van der Waals surface area contributed by atoms with Crippen molar-refractivity contribution in [1.82, 2.24) is 5.32 Å². The van der Waals surface area contributed by atoms with Gasteiger partial charge in [-0.2, -0.15) is 5.26 Å². The Morgan fingerprint density at radius 1 is 1.24 bits per heavy atom. The third kappa shape index (κ3) is 4.47. The zero-order chi connectivity index (χ0) is 15.1. The van der Waals surface area contributed by atoms with E-state index in [9.17, 15) is 9.90 Å². The minimum absolute atomic E-state index is 0.244. The third-order valence-corrected chi connectivity index (χ3v) is 3.91. The molecule has 0 atom stereocenters. The summed E-state index contributed by atoms with van der Waals surface area (Å²) in [7, 11) is 0. The highest BCUT2D eigenvalue weighted by Gasteiger charge is 2.28. The lowest BCUT2D eigenvalue weighted by Crippen LogP contribution is -2.44. The van der Waals surface area contributed by atoms with Gasteiger partial charge in [0.05, 0.1) is 16.9 Å². The predicted octanol–water partition coefficient (Wildman–Crippen LogP) is 2.77. The van der Waals surface area contributed by atoms with Crippen molar-refractivity contribution in [1.29, 1.82) is 5.26 Å². The Hall–Kier alpha value is -2.06. The Labute approximate surface area is 125 Å². The first-order valence-corrected chi connectivity index (χ1v) is 7.39. The number of carbonyl (C=O) groups excluding carboxylic acids is 1. The fourth-order valence-electron chi connectivity index (χ4n) is 2.66. The van der Waals surface area contributed by atoms with E-state index in [1.807, 2.05) is 6.07 Å². The summed E-state index contributed by atoms with van der Waals surface area (Å²) in [6.07, 6.45) is 5.73. The molecular weight excluding hydrogens is 266 g/mol. The van der Waals surface area contributed by atoms with E-state index in [1.54, 1.807) is 24.3 Å². The SMILES string of the molecule is N#Cc1ccccc1NC(=O)NCC1(O)CCCCCC1. The standard InChI is InChI=1S/C16H21N3O2/c17-11-13-7-3-4-8-14(13)19-15(20)18-12-16(21)9-5-1-2-6-10-16/h3-4,7-8,21H,1-2,5-6,9-10,12H2,(H2,18,19,20). The third-order valence-electron chi connectivity index (χ3n) is 3.91. The van der Waals surface area contributed by atoms with E-state index in [-0.39, 0.29) is 6.54 Å². The van der Waals surface area contributed by atoms with Gasteiger partial charge in [-0.25, -0.2) is 4.79 Å². The van der Waals surface area contributed by atoms with Crippen LogP contribution in [0.15, 0.2) is 24.3 Å². The molecule has 1 fully saturated rings. The zero-order valence-corrected chi connectivity index (χ0v) is 12.1. The molecule has 3 N–H and O–H groups in total. The van der Waals surface area contributed by atoms with Crippen LogP contribution in [0.3, 0.4) is 0 Å². The summed E-state index contributed by atoms with van der Waals surface area (Å²) in [5.41, 5.74) is 0.0916. The molecule has 0 spiro atoms. The number of amides is 2. The normalized spacial score (nSPS) is 17.3. The summed E-state index contributed by atoms with van der Waals surface area (Å²) < 4.78 is 0. The summed E-state index contributed by atoms with van der Waals surface area (Å²) >= 11 is 0. The Balaban J connectivity index is 1.88. The average molecular weight is 287 g/mol. The highest BCUT2D eigenvalue weighted by atomic mass is 16.3. The van der Waals surface area contributed by atoms with Gasteiger partial charge in [0, 0.05) is 6.54 Å². The van der Waals surface area contributed by atoms with Gasteiger partial charge in [-0.15, -0.1) is 0 Å². The lowest BCUT2D eigenvalue weighted by molar-refractivity contribution is 0.0281. The van der Waals surface area contributed by atoms with E-state index in [2.05, 4.69) is 10.6 Å². The van der Waals surface area contributed by atoms with Crippen LogP contribution in [-0.4, -0.2) is 23.3 Å². The van der Waals surface area contributed by atoms with Crippen LogP contribution in [0, 0.1) is 11.3 Å². The van der Waals surface area contributed by atoms with Crippen molar-refractivity contribution in [3.63, 3.8) is 0 Å². The quantitative estimate of drug-likeness (QED) is 0.747. The maximum Gasteiger partial charge on any atom is 0.319 e. The maximum atomic E-state index is 11.9. The van der Waals surface area contributed by atoms with Crippen molar-refractivity contribution in [2.45, 2.75) is 44.1 Å². The van der Waals surface area contributed by atoms with Gasteiger partial charge in [-0.1, -0.05) is 37.8 Å². The number of urea groups is 1. The Morgan fingerprint density at radius 2 is 1.90 bits per heavy atom. The molecule has 1 aliphatic carbocycles. The molecule has 0 heterocycles. The van der Waals surface area contributed by atoms with Crippen LogP contribution >= 0.6 is 0 Å². The Morgan fingerprint density at radius 3 is 2.57 bits per heavy atom. The Kier molecular flexibility index (Phi) is 5.18. The summed E-state index contributed by atoms with van der Waals surface area (Å²) in [5, 5.41) is 24.8. The maximum absolute atomic E-state index is 11.9. The summed E-state index contributed by atoms with van der Waals surface area (Å²) in [6.45, 7) is 0.244. The van der Waals surface area contributed by atoms with Crippen molar-refractivity contribution in [2.24, 2.45) is 0 Å². The van der Waals surface area contributed by atoms with Gasteiger partial charge in [-0.05, 0) is 25.0 Å². The highest BCUT2D eigenvalue weighted by Crippen LogP contribution is 2.26. The van der Waals surface area contributed by atoms with E-state index in [0.717, 1.165) is 38.5 Å². The molecule has 0 saturated heterocycles. The number of para-hydroxylation sites is 1. The first kappa shape index (κ1) is 15.3. The largest absolute Gasteiger partial charge is 0.388 e. The molecule has 5 heteroatoms. The smallest absolute Gasteiger partial charge is 0.319 e. The molecule has 2 amide bonds. The van der Waals surface area contributed by atoms with E-state index in [1.165, 1.54) is 0 Å². The van der Waals surface area contributed by atoms with Crippen molar-refractivity contribution < 1.29 is 9.90 Å². The van der Waals surface area contributed by atoms with Crippen molar-refractivity contribution in [2.75, 3.05) is 11.9 Å². The molecule has 1 aliphatic rings. The van der Waals surface area contributed by atoms with Gasteiger partial charge < -0.3 is 15.7 Å². The number of nitriles is 1. The minimum atomic E-state index is -0.803. The van der Waals surface area contributed by atoms with Gasteiger partial charge in [0.2, 0.25) is 0 Å². The Bertz CT molecular complexity index is 529. The van der Waals surface area contributed by atoms with Gasteiger partial charge in [0.15, 0.2) is 0 Å². The van der Waals surface area contributed by atoms with E-state index >= 15 is 0 Å². The summed E-state index contributed by atoms with van der Waals surface area (Å²) in [6, 6.07) is 8.47. The van der Waals surface area contributed by atoms with Crippen LogP contribution in [0.5, 0.6) is 0 Å². The summed E-state index contributed by atoms with van der Waals surface area (Å²) in [5.74, 6) is 0. The van der Waals surface area contributed by atoms with Crippen molar-refractivity contribution in [3.05, 3.63) is 29.8 Å². The first-order valence-electron chi connectivity index (χ1n) is 7.39. The highest BCUT2D eigenvalue weighted by molar-refractivity contribution is 5.90. The number of nitrogens with one attached hydrogen (secondary N) is 2. The number of hydrogen-bond donors (Lipinski definition) is 3. The molecule has 1 aromatic carbocycles. The zero-order valence-electron chi connectivity index (χ0n) is 12.1. The van der Waals surface area contributed by atoms with Gasteiger partial charge in [-0.3, -0.25) is 0 Å². The molecule has 1 aromatic rings. The summed E-state index contributed by atoms with van der Waals surface area (Å²) in [4.78, 5) is 11.9. The molecule has 21 heavy (non-hydrogen) atoms. The monoisotopic (exact) mass is 287 g/mol. The number of nitrogens with zero attached hydrogens (tertiary/aromatic N) is 1. The number of carbonyl (C=O) groups is 1. The molecule has 0 aliphatic heterocycles. The number of aliphatic hydroxyl groups is 1. The molecule has 5 nitrogen and oxygen atoms in total. The molecule has 0 unspecified atom stereocenters. The molecule has 0 aromatic heterocycles. The van der Waals surface area contributed by atoms with Crippen LogP contribution in [-0.2, 0) is 0 Å². The lowest BCUT2D eigenvalue weighted by atomic mass is 9.95. The molecular formula is C16H21N3O2. The van der Waals surface area contributed by atoms with E-state index in [0.29, 0.717) is 11.3 Å². The second kappa shape index (κ2) is 7.09. The number of benzene rings is 1. The van der Waals surface area contributed by atoms with E-state index < -0.39 is 11.6 Å². The molecule has 1 saturated carbocycles. The van der Waals surface area contributed by atoms with Crippen LogP contribution in [0.4, 0.5) is 10.5 Å². The lowest BCUT2D eigenvalue weighted by Gasteiger charge is -2.26. The van der Waals surface area contributed by atoms with Crippen LogP contribution < -0.4 is 10.6 Å². The van der Waals surface area contributed by atoms with Crippen LogP contribution in [0.25, 0.3) is 0 Å². The number of hydrogen-bond acceptors (Lipinski definition) is 3. The number of anilines is 1. The van der Waals surface area contributed by atoms with Crippen LogP contribution in [0.2, 0.25) is 0 Å². The second-order valence-corrected chi connectivity index (χ2v) is 5.60. The average Bonchev–Trinajstić information content (AvgIpc) is 2.71. The van der Waals surface area contributed by atoms with E-state index in [4.69, 9.17) is 5.26 Å². The first-order chi connectivity index (χ1) is 10.1. The molecule has 2 rings (SSSR count). The minimum Gasteiger partial charge on any atom is -0.388 e. The molecule has 0 radical (unpaired) electrons.